The lowest BCUT2D eigenvalue weighted by molar-refractivity contribution is -0.387. The van der Waals surface area contributed by atoms with Crippen molar-refractivity contribution < 1.29 is 18.1 Å². The van der Waals surface area contributed by atoms with Gasteiger partial charge in [-0.05, 0) is 18.1 Å². The third kappa shape index (κ3) is 4.36. The summed E-state index contributed by atoms with van der Waals surface area (Å²) in [6.45, 7) is 5.59. The fraction of sp³-hybridized carbons (Fsp3) is 0.348. The van der Waals surface area contributed by atoms with E-state index in [1.165, 1.54) is 28.6 Å². The Bertz CT molecular complexity index is 1310. The van der Waals surface area contributed by atoms with Crippen LogP contribution in [0.3, 0.4) is 0 Å². The average Bonchev–Trinajstić information content (AvgIpc) is 3.16. The van der Waals surface area contributed by atoms with Crippen LogP contribution in [-0.2, 0) is 16.6 Å². The molecule has 0 radical (unpaired) electrons. The molecule has 3 aromatic rings. The van der Waals surface area contributed by atoms with Crippen molar-refractivity contribution in [3.05, 3.63) is 70.4 Å². The van der Waals surface area contributed by atoms with E-state index < -0.39 is 20.6 Å². The second-order valence-corrected chi connectivity index (χ2v) is 10.4. The van der Waals surface area contributed by atoms with E-state index in [4.69, 9.17) is 0 Å². The van der Waals surface area contributed by atoms with Gasteiger partial charge in [-0.15, -0.1) is 0 Å². The molecule has 9 nitrogen and oxygen atoms in total. The van der Waals surface area contributed by atoms with E-state index in [0.717, 1.165) is 17.4 Å². The number of hydrogen-bond acceptors (Lipinski definition) is 5. The number of aromatic nitrogens is 1. The van der Waals surface area contributed by atoms with Gasteiger partial charge in [-0.2, -0.15) is 4.31 Å². The predicted octanol–water partition coefficient (Wildman–Crippen LogP) is 3.35. The van der Waals surface area contributed by atoms with Crippen LogP contribution in [-0.4, -0.2) is 59.2 Å². The first-order valence-electron chi connectivity index (χ1n) is 10.8. The Labute approximate surface area is 192 Å². The minimum Gasteiger partial charge on any atom is -0.346 e. The minimum atomic E-state index is -4.05. The van der Waals surface area contributed by atoms with E-state index in [-0.39, 0.29) is 37.0 Å². The van der Waals surface area contributed by atoms with Gasteiger partial charge in [-0.3, -0.25) is 14.9 Å². The summed E-state index contributed by atoms with van der Waals surface area (Å²) in [5, 5.41) is 12.2. The molecule has 1 fully saturated rings. The molecule has 1 amide bonds. The molecule has 1 aromatic heterocycles. The van der Waals surface area contributed by atoms with Crippen molar-refractivity contribution in [2.24, 2.45) is 5.92 Å². The summed E-state index contributed by atoms with van der Waals surface area (Å²) < 4.78 is 29.4. The SMILES string of the molecule is CC(C)Cn1cc(C(=O)N2CCN(S(=O)(=O)c3ccccc3[N+](=O)[O-])CC2)c2ccccc21. The van der Waals surface area contributed by atoms with Gasteiger partial charge in [-0.1, -0.05) is 44.2 Å². The molecule has 174 valence electrons. The first kappa shape index (κ1) is 22.9. The maximum Gasteiger partial charge on any atom is 0.289 e. The van der Waals surface area contributed by atoms with Crippen molar-refractivity contribution in [1.82, 2.24) is 13.8 Å². The Morgan fingerprint density at radius 3 is 2.33 bits per heavy atom. The summed E-state index contributed by atoms with van der Waals surface area (Å²) in [4.78, 5) is 25.3. The molecule has 0 spiro atoms. The van der Waals surface area contributed by atoms with Gasteiger partial charge in [0.25, 0.3) is 11.6 Å². The van der Waals surface area contributed by atoms with Gasteiger partial charge in [0.1, 0.15) is 0 Å². The Morgan fingerprint density at radius 2 is 1.67 bits per heavy atom. The van der Waals surface area contributed by atoms with Crippen LogP contribution < -0.4 is 0 Å². The van der Waals surface area contributed by atoms with Crippen LogP contribution in [0.1, 0.15) is 24.2 Å². The van der Waals surface area contributed by atoms with E-state index in [0.29, 0.717) is 11.5 Å². The summed E-state index contributed by atoms with van der Waals surface area (Å²) in [5.74, 6) is 0.274. The van der Waals surface area contributed by atoms with Gasteiger partial charge < -0.3 is 9.47 Å². The number of carbonyl (C=O) groups excluding carboxylic acids is 1. The highest BCUT2D eigenvalue weighted by Gasteiger charge is 2.35. The Balaban J connectivity index is 1.54. The Morgan fingerprint density at radius 1 is 1.03 bits per heavy atom. The topological polar surface area (TPSA) is 106 Å². The molecule has 0 atom stereocenters. The number of carbonyl (C=O) groups is 1. The molecule has 33 heavy (non-hydrogen) atoms. The molecule has 0 bridgehead atoms. The summed E-state index contributed by atoms with van der Waals surface area (Å²) in [6, 6.07) is 13.1. The number of rotatable bonds is 6. The van der Waals surface area contributed by atoms with Crippen LogP contribution in [0, 0.1) is 16.0 Å². The molecule has 0 unspecified atom stereocenters. The van der Waals surface area contributed by atoms with Gasteiger partial charge in [0.2, 0.25) is 10.0 Å². The van der Waals surface area contributed by atoms with E-state index in [1.54, 1.807) is 4.90 Å². The van der Waals surface area contributed by atoms with Gasteiger partial charge in [0.05, 0.1) is 10.5 Å². The van der Waals surface area contributed by atoms with Gasteiger partial charge >= 0.3 is 0 Å². The van der Waals surface area contributed by atoms with Crippen molar-refractivity contribution >= 4 is 32.5 Å². The van der Waals surface area contributed by atoms with Crippen molar-refractivity contribution in [1.29, 1.82) is 0 Å². The molecule has 2 aromatic carbocycles. The maximum absolute atomic E-state index is 13.3. The normalized spacial score (nSPS) is 15.3. The van der Waals surface area contributed by atoms with Crippen molar-refractivity contribution in [3.8, 4) is 0 Å². The number of benzene rings is 2. The molecule has 2 heterocycles. The van der Waals surface area contributed by atoms with E-state index >= 15 is 0 Å². The fourth-order valence-electron chi connectivity index (χ4n) is 4.23. The van der Waals surface area contributed by atoms with Crippen molar-refractivity contribution in [2.45, 2.75) is 25.3 Å². The number of nitrogens with zero attached hydrogens (tertiary/aromatic N) is 4. The standard InChI is InChI=1S/C23H26N4O5S/c1-17(2)15-25-16-19(18-7-3-4-8-20(18)25)23(28)24-11-13-26(14-12-24)33(31,32)22-10-6-5-9-21(22)27(29)30/h3-10,16-17H,11-15H2,1-2H3. The molecule has 10 heteroatoms. The van der Waals surface area contributed by atoms with Crippen LogP contribution >= 0.6 is 0 Å². The van der Waals surface area contributed by atoms with Gasteiger partial charge in [0, 0.05) is 55.9 Å². The number of hydrogen-bond donors (Lipinski definition) is 0. The molecule has 1 saturated heterocycles. The lowest BCUT2D eigenvalue weighted by atomic mass is 10.1. The highest BCUT2D eigenvalue weighted by molar-refractivity contribution is 7.89. The molecule has 4 rings (SSSR count). The molecule has 1 aliphatic rings. The maximum atomic E-state index is 13.3. The van der Waals surface area contributed by atoms with Crippen molar-refractivity contribution in [3.63, 3.8) is 0 Å². The highest BCUT2D eigenvalue weighted by Crippen LogP contribution is 2.28. The molecule has 0 aliphatic carbocycles. The highest BCUT2D eigenvalue weighted by atomic mass is 32.2. The van der Waals surface area contributed by atoms with Crippen LogP contribution in [0.25, 0.3) is 10.9 Å². The lowest BCUT2D eigenvalue weighted by Gasteiger charge is -2.33. The van der Waals surface area contributed by atoms with Crippen LogP contribution in [0.2, 0.25) is 0 Å². The lowest BCUT2D eigenvalue weighted by Crippen LogP contribution is -2.50. The predicted molar refractivity (Wildman–Crippen MR) is 125 cm³/mol. The summed E-state index contributed by atoms with van der Waals surface area (Å²) >= 11 is 0. The Kier molecular flexibility index (Phi) is 6.22. The smallest absolute Gasteiger partial charge is 0.289 e. The largest absolute Gasteiger partial charge is 0.346 e. The zero-order valence-corrected chi connectivity index (χ0v) is 19.4. The summed E-state index contributed by atoms with van der Waals surface area (Å²) in [6.07, 6.45) is 1.88. The quantitative estimate of drug-likeness (QED) is 0.406. The van der Waals surface area contributed by atoms with Crippen LogP contribution in [0.5, 0.6) is 0 Å². The van der Waals surface area contributed by atoms with E-state index in [2.05, 4.69) is 18.4 Å². The first-order valence-corrected chi connectivity index (χ1v) is 12.2. The second-order valence-electron chi connectivity index (χ2n) is 8.53. The van der Waals surface area contributed by atoms with Crippen LogP contribution in [0.4, 0.5) is 5.69 Å². The monoisotopic (exact) mass is 470 g/mol. The number of amides is 1. The molecule has 0 N–H and O–H groups in total. The second kappa shape index (κ2) is 8.95. The number of nitro benzene ring substituents is 1. The van der Waals surface area contributed by atoms with Crippen molar-refractivity contribution in [2.75, 3.05) is 26.2 Å². The first-order chi connectivity index (χ1) is 15.7. The number of sulfonamides is 1. The van der Waals surface area contributed by atoms with Gasteiger partial charge in [-0.25, -0.2) is 8.42 Å². The zero-order valence-electron chi connectivity index (χ0n) is 18.5. The third-order valence-electron chi connectivity index (χ3n) is 5.79. The molecular weight excluding hydrogens is 444 g/mol. The zero-order chi connectivity index (χ0) is 23.8. The van der Waals surface area contributed by atoms with Gasteiger partial charge in [0.15, 0.2) is 4.90 Å². The number of fused-ring (bicyclic) bond motifs is 1. The average molecular weight is 471 g/mol. The molecular formula is C23H26N4O5S. The minimum absolute atomic E-state index is 0.0742. The van der Waals surface area contributed by atoms with E-state index in [9.17, 15) is 23.3 Å². The van der Waals surface area contributed by atoms with E-state index in [1.807, 2.05) is 30.5 Å². The number of nitro groups is 1. The fourth-order valence-corrected chi connectivity index (χ4v) is 5.81. The van der Waals surface area contributed by atoms with Crippen LogP contribution in [0.15, 0.2) is 59.6 Å². The molecule has 1 aliphatic heterocycles. The molecule has 0 saturated carbocycles. The third-order valence-corrected chi connectivity index (χ3v) is 7.73. The summed E-state index contributed by atoms with van der Waals surface area (Å²) in [7, 11) is -4.05. The Hall–Kier alpha value is -3.24. The number of piperazine rings is 1. The number of para-hydroxylation sites is 2. The summed E-state index contributed by atoms with van der Waals surface area (Å²) in [5.41, 5.74) is 1.14.